The molecule has 1 atom stereocenters. The fourth-order valence-electron chi connectivity index (χ4n) is 1.77. The Bertz CT molecular complexity index is 232. The minimum Gasteiger partial charge on any atom is -0.396 e. The Labute approximate surface area is 104 Å². The van der Waals surface area contributed by atoms with Gasteiger partial charge in [0.15, 0.2) is 6.35 Å². The molecule has 0 aromatic heterocycles. The van der Waals surface area contributed by atoms with Gasteiger partial charge < -0.3 is 10.2 Å². The maximum Gasteiger partial charge on any atom is 0.185 e. The van der Waals surface area contributed by atoms with Crippen molar-refractivity contribution in [1.29, 1.82) is 0 Å². The Kier molecular flexibility index (Phi) is 4.92. The van der Waals surface area contributed by atoms with Crippen molar-refractivity contribution >= 4 is 0 Å². The zero-order chi connectivity index (χ0) is 13.1. The molecule has 0 amide bonds. The first-order chi connectivity index (χ1) is 7.76. The Morgan fingerprint density at radius 1 is 1.35 bits per heavy atom. The van der Waals surface area contributed by atoms with E-state index in [1.54, 1.807) is 0 Å². The Morgan fingerprint density at radius 2 is 1.88 bits per heavy atom. The number of aliphatic hydroxyl groups excluding tert-OH is 2. The zero-order valence-corrected chi connectivity index (χ0v) is 11.4. The SMILES string of the molecule is CC1(CO)CCN(C(O)NOC(C)(C)C)CC1. The maximum atomic E-state index is 9.91. The number of rotatable bonds is 4. The van der Waals surface area contributed by atoms with Gasteiger partial charge in [0.05, 0.1) is 5.60 Å². The molecular weight excluding hydrogens is 220 g/mol. The lowest BCUT2D eigenvalue weighted by molar-refractivity contribution is -0.183. The quantitative estimate of drug-likeness (QED) is 0.503. The lowest BCUT2D eigenvalue weighted by atomic mass is 9.81. The van der Waals surface area contributed by atoms with Crippen LogP contribution < -0.4 is 5.48 Å². The van der Waals surface area contributed by atoms with Crippen LogP contribution in [0.25, 0.3) is 0 Å². The van der Waals surface area contributed by atoms with Crippen molar-refractivity contribution in [2.45, 2.75) is 52.5 Å². The van der Waals surface area contributed by atoms with Crippen LogP contribution in [0.4, 0.5) is 0 Å². The summed E-state index contributed by atoms with van der Waals surface area (Å²) in [4.78, 5) is 7.25. The molecule has 0 aromatic carbocycles. The molecule has 1 saturated heterocycles. The molecule has 0 radical (unpaired) electrons. The predicted octanol–water partition coefficient (Wildman–Crippen LogP) is 0.676. The number of aliphatic hydroxyl groups is 2. The molecular formula is C12H26N2O3. The average Bonchev–Trinajstić information content (AvgIpc) is 2.26. The normalized spacial score (nSPS) is 23.6. The molecule has 1 rings (SSSR count). The Balaban J connectivity index is 2.33. The molecule has 5 heteroatoms. The number of hydroxylamine groups is 1. The average molecular weight is 246 g/mol. The lowest BCUT2D eigenvalue weighted by Gasteiger charge is -2.40. The molecule has 0 bridgehead atoms. The Hall–Kier alpha value is -0.200. The summed E-state index contributed by atoms with van der Waals surface area (Å²) in [6.45, 7) is 9.58. The van der Waals surface area contributed by atoms with Gasteiger partial charge in [0.2, 0.25) is 0 Å². The first kappa shape index (κ1) is 14.9. The van der Waals surface area contributed by atoms with Gasteiger partial charge in [0.25, 0.3) is 0 Å². The summed E-state index contributed by atoms with van der Waals surface area (Å²) < 4.78 is 0. The standard InChI is InChI=1S/C12H26N2O3/c1-11(2,3)17-13-10(16)14-7-5-12(4,9-15)6-8-14/h10,13,15-16H,5-9H2,1-4H3. The second-order valence-corrected chi connectivity index (χ2v) is 6.21. The van der Waals surface area contributed by atoms with E-state index in [-0.39, 0.29) is 17.6 Å². The van der Waals surface area contributed by atoms with Gasteiger partial charge in [-0.05, 0) is 39.0 Å². The molecule has 0 spiro atoms. The van der Waals surface area contributed by atoms with E-state index in [0.29, 0.717) is 0 Å². The molecule has 0 aliphatic carbocycles. The molecule has 0 aromatic rings. The van der Waals surface area contributed by atoms with E-state index in [1.807, 2.05) is 25.7 Å². The topological polar surface area (TPSA) is 65.0 Å². The van der Waals surface area contributed by atoms with E-state index in [4.69, 9.17) is 4.84 Å². The van der Waals surface area contributed by atoms with E-state index in [1.165, 1.54) is 0 Å². The van der Waals surface area contributed by atoms with Crippen LogP contribution in [0.15, 0.2) is 0 Å². The molecule has 0 saturated carbocycles. The van der Waals surface area contributed by atoms with Crippen LogP contribution in [0.2, 0.25) is 0 Å². The summed E-state index contributed by atoms with van der Waals surface area (Å²) in [6.07, 6.45) is 0.993. The van der Waals surface area contributed by atoms with Crippen LogP contribution in [0.3, 0.4) is 0 Å². The van der Waals surface area contributed by atoms with Crippen molar-refractivity contribution in [3.8, 4) is 0 Å². The monoisotopic (exact) mass is 246 g/mol. The lowest BCUT2D eigenvalue weighted by Crippen LogP contribution is -2.52. The first-order valence-electron chi connectivity index (χ1n) is 6.22. The summed E-state index contributed by atoms with van der Waals surface area (Å²) >= 11 is 0. The summed E-state index contributed by atoms with van der Waals surface area (Å²) in [6, 6.07) is 0. The van der Waals surface area contributed by atoms with Crippen molar-refractivity contribution in [3.05, 3.63) is 0 Å². The fraction of sp³-hybridized carbons (Fsp3) is 1.00. The highest BCUT2D eigenvalue weighted by Gasteiger charge is 2.32. The molecule has 1 unspecified atom stereocenters. The van der Waals surface area contributed by atoms with Crippen LogP contribution >= 0.6 is 0 Å². The van der Waals surface area contributed by atoms with E-state index in [0.717, 1.165) is 25.9 Å². The predicted molar refractivity (Wildman–Crippen MR) is 66.0 cm³/mol. The molecule has 1 heterocycles. The van der Waals surface area contributed by atoms with Crippen LogP contribution in [-0.4, -0.2) is 46.8 Å². The third-order valence-electron chi connectivity index (χ3n) is 3.20. The smallest absolute Gasteiger partial charge is 0.185 e. The largest absolute Gasteiger partial charge is 0.396 e. The number of likely N-dealkylation sites (tertiary alicyclic amines) is 1. The molecule has 3 N–H and O–H groups in total. The van der Waals surface area contributed by atoms with Crippen molar-refractivity contribution in [3.63, 3.8) is 0 Å². The highest BCUT2D eigenvalue weighted by molar-refractivity contribution is 4.81. The second-order valence-electron chi connectivity index (χ2n) is 6.21. The molecule has 102 valence electrons. The van der Waals surface area contributed by atoms with Gasteiger partial charge in [-0.3, -0.25) is 9.74 Å². The maximum absolute atomic E-state index is 9.91. The van der Waals surface area contributed by atoms with Crippen molar-refractivity contribution in [1.82, 2.24) is 10.4 Å². The van der Waals surface area contributed by atoms with Gasteiger partial charge in [-0.2, -0.15) is 5.48 Å². The van der Waals surface area contributed by atoms with Gasteiger partial charge in [-0.1, -0.05) is 6.92 Å². The summed E-state index contributed by atoms with van der Waals surface area (Å²) in [5.41, 5.74) is 2.33. The van der Waals surface area contributed by atoms with Crippen molar-refractivity contribution < 1.29 is 15.1 Å². The summed E-state index contributed by atoms with van der Waals surface area (Å²) in [5, 5.41) is 19.2. The molecule has 1 fully saturated rings. The highest BCUT2D eigenvalue weighted by atomic mass is 16.7. The number of nitrogens with one attached hydrogen (secondary N) is 1. The van der Waals surface area contributed by atoms with E-state index in [2.05, 4.69) is 12.4 Å². The Morgan fingerprint density at radius 3 is 2.29 bits per heavy atom. The van der Waals surface area contributed by atoms with Crippen molar-refractivity contribution in [2.75, 3.05) is 19.7 Å². The van der Waals surface area contributed by atoms with E-state index >= 15 is 0 Å². The van der Waals surface area contributed by atoms with E-state index in [9.17, 15) is 10.2 Å². The molecule has 17 heavy (non-hydrogen) atoms. The van der Waals surface area contributed by atoms with Gasteiger partial charge in [0, 0.05) is 19.7 Å². The fourth-order valence-corrected chi connectivity index (χ4v) is 1.77. The van der Waals surface area contributed by atoms with Crippen LogP contribution in [-0.2, 0) is 4.84 Å². The van der Waals surface area contributed by atoms with Crippen molar-refractivity contribution in [2.24, 2.45) is 5.41 Å². The highest BCUT2D eigenvalue weighted by Crippen LogP contribution is 2.30. The van der Waals surface area contributed by atoms with Crippen LogP contribution in [0.1, 0.15) is 40.5 Å². The number of hydrogen-bond acceptors (Lipinski definition) is 5. The summed E-state index contributed by atoms with van der Waals surface area (Å²) in [7, 11) is 0. The third-order valence-corrected chi connectivity index (χ3v) is 3.20. The van der Waals surface area contributed by atoms with Gasteiger partial charge in [0.1, 0.15) is 0 Å². The second kappa shape index (κ2) is 5.63. The zero-order valence-electron chi connectivity index (χ0n) is 11.4. The van der Waals surface area contributed by atoms with Gasteiger partial charge in [-0.25, -0.2) is 0 Å². The van der Waals surface area contributed by atoms with Crippen LogP contribution in [0.5, 0.6) is 0 Å². The first-order valence-corrected chi connectivity index (χ1v) is 6.22. The molecule has 1 aliphatic rings. The summed E-state index contributed by atoms with van der Waals surface area (Å²) in [5.74, 6) is 0. The number of nitrogens with zero attached hydrogens (tertiary/aromatic N) is 1. The number of hydrogen-bond donors (Lipinski definition) is 3. The molecule has 1 aliphatic heterocycles. The van der Waals surface area contributed by atoms with Gasteiger partial charge >= 0.3 is 0 Å². The van der Waals surface area contributed by atoms with E-state index < -0.39 is 6.35 Å². The molecule has 5 nitrogen and oxygen atoms in total. The third kappa shape index (κ3) is 4.89. The minimum absolute atomic E-state index is 0.00110. The van der Waals surface area contributed by atoms with Gasteiger partial charge in [-0.15, -0.1) is 0 Å². The number of piperidine rings is 1. The minimum atomic E-state index is -0.780. The van der Waals surface area contributed by atoms with Crippen LogP contribution in [0, 0.1) is 5.41 Å².